The fourth-order valence-electron chi connectivity index (χ4n) is 1.26. The molecule has 0 amide bonds. The van der Waals surface area contributed by atoms with Gasteiger partial charge in [0.05, 0.1) is 15.6 Å². The Hall–Kier alpha value is -1.40. The molecule has 0 aromatic heterocycles. The molecule has 0 bridgehead atoms. The van der Waals surface area contributed by atoms with Crippen LogP contribution in [0.15, 0.2) is 18.2 Å². The van der Waals surface area contributed by atoms with Crippen molar-refractivity contribution in [2.24, 2.45) is 0 Å². The highest BCUT2D eigenvalue weighted by molar-refractivity contribution is 7.80. The summed E-state index contributed by atoms with van der Waals surface area (Å²) in [7, 11) is 0. The third-order valence-corrected chi connectivity index (χ3v) is 2.79. The highest BCUT2D eigenvalue weighted by Gasteiger charge is 2.09. The van der Waals surface area contributed by atoms with Gasteiger partial charge in [-0.1, -0.05) is 24.9 Å². The Kier molecular flexibility index (Phi) is 5.80. The van der Waals surface area contributed by atoms with Crippen LogP contribution in [0.3, 0.4) is 0 Å². The summed E-state index contributed by atoms with van der Waals surface area (Å²) >= 11 is 11.0. The maximum absolute atomic E-state index is 10.5. The Morgan fingerprint density at radius 1 is 1.56 bits per heavy atom. The second-order valence-corrected chi connectivity index (χ2v) is 4.47. The molecule has 98 valence electrons. The number of hydrogen-bond donors (Lipinski definition) is 2. The highest BCUT2D eigenvalue weighted by atomic mass is 35.5. The molecule has 0 spiro atoms. The molecule has 1 rings (SSSR count). The standard InChI is InChI=1S/C11H14ClN3O2S/c1-2-3-6-13-11(18)14-10-5-4-8(15(16)17)7-9(10)12/h4-5,7H,2-3,6H2,1H3,(H2,13,14,18). The van der Waals surface area contributed by atoms with E-state index in [9.17, 15) is 10.1 Å². The number of halogens is 1. The Morgan fingerprint density at radius 2 is 2.28 bits per heavy atom. The van der Waals surface area contributed by atoms with Crippen molar-refractivity contribution in [3.8, 4) is 0 Å². The van der Waals surface area contributed by atoms with E-state index in [0.717, 1.165) is 19.4 Å². The molecule has 0 aliphatic heterocycles. The minimum Gasteiger partial charge on any atom is -0.362 e. The number of non-ortho nitro benzene ring substituents is 1. The molecule has 5 nitrogen and oxygen atoms in total. The van der Waals surface area contributed by atoms with Crippen molar-refractivity contribution >= 4 is 40.3 Å². The molecule has 0 aliphatic carbocycles. The number of nitrogens with one attached hydrogen (secondary N) is 2. The van der Waals surface area contributed by atoms with Crippen LogP contribution in [0.5, 0.6) is 0 Å². The van der Waals surface area contributed by atoms with E-state index in [2.05, 4.69) is 17.6 Å². The van der Waals surface area contributed by atoms with Crippen LogP contribution in [-0.2, 0) is 0 Å². The first-order valence-electron chi connectivity index (χ1n) is 5.53. The number of unbranched alkanes of at least 4 members (excludes halogenated alkanes) is 1. The molecule has 0 saturated carbocycles. The van der Waals surface area contributed by atoms with Crippen LogP contribution < -0.4 is 10.6 Å². The van der Waals surface area contributed by atoms with Crippen LogP contribution in [0.4, 0.5) is 11.4 Å². The second-order valence-electron chi connectivity index (χ2n) is 3.66. The van der Waals surface area contributed by atoms with E-state index in [1.54, 1.807) is 0 Å². The fourth-order valence-corrected chi connectivity index (χ4v) is 1.70. The quantitative estimate of drug-likeness (QED) is 0.376. The lowest BCUT2D eigenvalue weighted by Crippen LogP contribution is -2.29. The number of anilines is 1. The van der Waals surface area contributed by atoms with Gasteiger partial charge < -0.3 is 10.6 Å². The highest BCUT2D eigenvalue weighted by Crippen LogP contribution is 2.26. The zero-order chi connectivity index (χ0) is 13.5. The van der Waals surface area contributed by atoms with E-state index < -0.39 is 4.92 Å². The molecule has 0 aliphatic rings. The Bertz CT molecular complexity index is 454. The van der Waals surface area contributed by atoms with Crippen LogP contribution in [-0.4, -0.2) is 16.6 Å². The summed E-state index contributed by atoms with van der Waals surface area (Å²) in [6, 6.07) is 4.20. The van der Waals surface area contributed by atoms with Gasteiger partial charge in [-0.3, -0.25) is 10.1 Å². The van der Waals surface area contributed by atoms with Gasteiger partial charge in [0.1, 0.15) is 0 Å². The number of hydrogen-bond acceptors (Lipinski definition) is 3. The molecule has 0 saturated heterocycles. The van der Waals surface area contributed by atoms with Crippen molar-refractivity contribution in [1.82, 2.24) is 5.32 Å². The van der Waals surface area contributed by atoms with Crippen molar-refractivity contribution in [3.63, 3.8) is 0 Å². The minimum absolute atomic E-state index is 0.0459. The Labute approximate surface area is 116 Å². The first kappa shape index (κ1) is 14.7. The zero-order valence-electron chi connectivity index (χ0n) is 9.90. The van der Waals surface area contributed by atoms with Gasteiger partial charge in [0, 0.05) is 18.7 Å². The van der Waals surface area contributed by atoms with Gasteiger partial charge in [0.2, 0.25) is 0 Å². The lowest BCUT2D eigenvalue weighted by molar-refractivity contribution is -0.384. The van der Waals surface area contributed by atoms with Gasteiger partial charge in [0.15, 0.2) is 5.11 Å². The normalized spacial score (nSPS) is 9.89. The van der Waals surface area contributed by atoms with E-state index in [1.807, 2.05) is 0 Å². The van der Waals surface area contributed by atoms with Crippen LogP contribution in [0, 0.1) is 10.1 Å². The summed E-state index contributed by atoms with van der Waals surface area (Å²) < 4.78 is 0. The lowest BCUT2D eigenvalue weighted by Gasteiger charge is -2.11. The van der Waals surface area contributed by atoms with Crippen LogP contribution in [0.2, 0.25) is 5.02 Å². The van der Waals surface area contributed by atoms with Gasteiger partial charge in [-0.25, -0.2) is 0 Å². The van der Waals surface area contributed by atoms with Crippen molar-refractivity contribution in [1.29, 1.82) is 0 Å². The maximum Gasteiger partial charge on any atom is 0.271 e. The molecule has 0 fully saturated rings. The number of nitro groups is 1. The van der Waals surface area contributed by atoms with Crippen molar-refractivity contribution in [2.45, 2.75) is 19.8 Å². The predicted molar refractivity (Wildman–Crippen MR) is 77.2 cm³/mol. The second kappa shape index (κ2) is 7.13. The van der Waals surface area contributed by atoms with Crippen LogP contribution >= 0.6 is 23.8 Å². The Morgan fingerprint density at radius 3 is 2.83 bits per heavy atom. The fraction of sp³-hybridized carbons (Fsp3) is 0.364. The van der Waals surface area contributed by atoms with Crippen LogP contribution in [0.1, 0.15) is 19.8 Å². The molecule has 7 heteroatoms. The topological polar surface area (TPSA) is 67.2 Å². The van der Waals surface area contributed by atoms with Gasteiger partial charge in [-0.05, 0) is 24.7 Å². The predicted octanol–water partition coefficient (Wildman–Crippen LogP) is 3.33. The molecule has 1 aromatic carbocycles. The molecule has 0 radical (unpaired) electrons. The smallest absolute Gasteiger partial charge is 0.271 e. The summed E-state index contributed by atoms with van der Waals surface area (Å²) in [4.78, 5) is 10.1. The van der Waals surface area contributed by atoms with Gasteiger partial charge in [0.25, 0.3) is 5.69 Å². The third kappa shape index (κ3) is 4.46. The van der Waals surface area contributed by atoms with E-state index in [4.69, 9.17) is 23.8 Å². The SMILES string of the molecule is CCCCNC(=S)Nc1ccc([N+](=O)[O-])cc1Cl. The molecule has 2 N–H and O–H groups in total. The summed E-state index contributed by atoms with van der Waals surface area (Å²) in [6.45, 7) is 2.87. The molecular weight excluding hydrogens is 274 g/mol. The number of benzene rings is 1. The molecular formula is C11H14ClN3O2S. The first-order valence-corrected chi connectivity index (χ1v) is 6.32. The average Bonchev–Trinajstić information content (AvgIpc) is 2.32. The maximum atomic E-state index is 10.5. The van der Waals surface area contributed by atoms with E-state index in [1.165, 1.54) is 18.2 Å². The van der Waals surface area contributed by atoms with E-state index >= 15 is 0 Å². The van der Waals surface area contributed by atoms with Gasteiger partial charge >= 0.3 is 0 Å². The van der Waals surface area contributed by atoms with Gasteiger partial charge in [-0.2, -0.15) is 0 Å². The zero-order valence-corrected chi connectivity index (χ0v) is 11.5. The first-order chi connectivity index (χ1) is 8.54. The number of nitrogens with zero attached hydrogens (tertiary/aromatic N) is 1. The number of thiocarbonyl (C=S) groups is 1. The Balaban J connectivity index is 2.62. The molecule has 0 atom stereocenters. The average molecular weight is 288 g/mol. The summed E-state index contributed by atoms with van der Waals surface area (Å²) in [5.74, 6) is 0. The van der Waals surface area contributed by atoms with Crippen molar-refractivity contribution in [3.05, 3.63) is 33.3 Å². The van der Waals surface area contributed by atoms with E-state index in [0.29, 0.717) is 10.8 Å². The summed E-state index contributed by atoms with van der Waals surface area (Å²) in [5, 5.41) is 17.2. The van der Waals surface area contributed by atoms with Crippen LogP contribution in [0.25, 0.3) is 0 Å². The van der Waals surface area contributed by atoms with E-state index in [-0.39, 0.29) is 10.7 Å². The molecule has 0 heterocycles. The molecule has 0 unspecified atom stereocenters. The molecule has 18 heavy (non-hydrogen) atoms. The van der Waals surface area contributed by atoms with Crippen molar-refractivity contribution < 1.29 is 4.92 Å². The minimum atomic E-state index is -0.493. The lowest BCUT2D eigenvalue weighted by atomic mass is 10.3. The third-order valence-electron chi connectivity index (χ3n) is 2.23. The summed E-state index contributed by atoms with van der Waals surface area (Å²) in [5.41, 5.74) is 0.506. The molecule has 1 aromatic rings. The van der Waals surface area contributed by atoms with Gasteiger partial charge in [-0.15, -0.1) is 0 Å². The monoisotopic (exact) mass is 287 g/mol. The summed E-state index contributed by atoms with van der Waals surface area (Å²) in [6.07, 6.45) is 2.10. The number of nitro benzene ring substituents is 1. The largest absolute Gasteiger partial charge is 0.362 e. The number of rotatable bonds is 5. The van der Waals surface area contributed by atoms with Crippen molar-refractivity contribution in [2.75, 3.05) is 11.9 Å².